The number of benzene rings is 2. The number of nitrogens with one attached hydrogen (secondary N) is 1. The van der Waals surface area contributed by atoms with Crippen molar-refractivity contribution in [1.82, 2.24) is 0 Å². The van der Waals surface area contributed by atoms with Gasteiger partial charge in [-0.1, -0.05) is 49.2 Å². The smallest absolute Gasteiger partial charge is 0.245 e. The number of carbonyl (C=O) groups excluding carboxylic acids is 2. The summed E-state index contributed by atoms with van der Waals surface area (Å²) < 4.78 is 0. The molecule has 2 aromatic carbocycles. The van der Waals surface area contributed by atoms with Crippen molar-refractivity contribution in [3.05, 3.63) is 80.8 Å². The average molecular weight is 473 g/mol. The van der Waals surface area contributed by atoms with E-state index in [1.54, 1.807) is 11.0 Å². The fraction of sp³-hybridized carbons (Fsp3) is 0.296. The molecule has 3 aliphatic rings. The van der Waals surface area contributed by atoms with E-state index in [4.69, 9.17) is 17.3 Å². The molecule has 0 aromatic heterocycles. The van der Waals surface area contributed by atoms with Gasteiger partial charge in [-0.15, -0.1) is 0 Å². The van der Waals surface area contributed by atoms with Crippen LogP contribution in [0.15, 0.2) is 59.1 Å². The lowest BCUT2D eigenvalue weighted by atomic mass is 9.60. The Morgan fingerprint density at radius 3 is 2.53 bits per heavy atom. The van der Waals surface area contributed by atoms with E-state index in [1.165, 1.54) is 0 Å². The number of allylic oxidation sites excluding steroid dienone is 1. The number of Topliss-reactive ketones (excluding diaryl/α,β-unsaturated/α-hetero) is 1. The molecule has 2 heterocycles. The molecular weight excluding hydrogens is 448 g/mol. The van der Waals surface area contributed by atoms with Gasteiger partial charge in [0.1, 0.15) is 17.3 Å². The van der Waals surface area contributed by atoms with Gasteiger partial charge in [-0.25, -0.2) is 0 Å². The molecule has 1 aliphatic carbocycles. The molecule has 7 heteroatoms. The summed E-state index contributed by atoms with van der Waals surface area (Å²) in [4.78, 5) is 29.3. The number of nitriles is 1. The Morgan fingerprint density at radius 2 is 1.85 bits per heavy atom. The van der Waals surface area contributed by atoms with Gasteiger partial charge in [0.25, 0.3) is 0 Å². The Bertz CT molecular complexity index is 1410. The summed E-state index contributed by atoms with van der Waals surface area (Å²) >= 11 is 6.44. The molecule has 172 valence electrons. The number of hydrogen-bond acceptors (Lipinski definition) is 5. The molecule has 0 saturated carbocycles. The molecule has 0 radical (unpaired) electrons. The number of fused-ring (bicyclic) bond motifs is 3. The molecule has 2 aliphatic heterocycles. The van der Waals surface area contributed by atoms with Crippen LogP contribution in [-0.2, 0) is 15.0 Å². The van der Waals surface area contributed by atoms with Crippen LogP contribution >= 0.6 is 11.6 Å². The number of nitrogens with two attached hydrogens (primary N) is 1. The van der Waals surface area contributed by atoms with Crippen LogP contribution in [0.3, 0.4) is 0 Å². The number of anilines is 2. The molecule has 1 atom stereocenters. The van der Waals surface area contributed by atoms with Crippen LogP contribution in [-0.4, -0.2) is 11.7 Å². The molecule has 3 N–H and O–H groups in total. The minimum atomic E-state index is -1.58. The zero-order valence-corrected chi connectivity index (χ0v) is 20.3. The highest BCUT2D eigenvalue weighted by Gasteiger charge is 2.61. The van der Waals surface area contributed by atoms with Crippen molar-refractivity contribution in [1.29, 1.82) is 5.26 Å². The van der Waals surface area contributed by atoms with E-state index in [1.807, 2.05) is 58.0 Å². The van der Waals surface area contributed by atoms with E-state index >= 15 is 0 Å². The maximum Gasteiger partial charge on any atom is 0.245 e. The summed E-state index contributed by atoms with van der Waals surface area (Å²) in [5.74, 6) is -0.440. The maximum absolute atomic E-state index is 13.8. The van der Waals surface area contributed by atoms with Gasteiger partial charge >= 0.3 is 0 Å². The third-order valence-corrected chi connectivity index (χ3v) is 7.47. The average Bonchev–Trinajstić information content (AvgIpc) is 3.01. The van der Waals surface area contributed by atoms with E-state index in [0.717, 1.165) is 11.1 Å². The molecule has 1 amide bonds. The lowest BCUT2D eigenvalue weighted by Crippen LogP contribution is -2.52. The summed E-state index contributed by atoms with van der Waals surface area (Å²) in [6.07, 6.45) is 0.776. The standard InChI is InChI=1S/C27H25ClN4O2/c1-14-5-8-20-17(9-14)27(25(34)31-20)18(13-29)24(30)32(16-7-6-15(2)19(28)10-16)21-11-26(3,4)12-22(33)23(21)27/h5-10H,11-12,30H2,1-4H3,(H,31,34). The van der Waals surface area contributed by atoms with Crippen LogP contribution in [0.2, 0.25) is 5.02 Å². The predicted octanol–water partition coefficient (Wildman–Crippen LogP) is 5.00. The number of hydrogen-bond donors (Lipinski definition) is 2. The molecule has 1 spiro atoms. The molecule has 0 bridgehead atoms. The van der Waals surface area contributed by atoms with Gasteiger partial charge in [0.05, 0.1) is 5.57 Å². The Balaban J connectivity index is 1.91. The van der Waals surface area contributed by atoms with Crippen LogP contribution in [0, 0.1) is 30.6 Å². The SMILES string of the molecule is Cc1ccc2c(c1)C1(C(=O)N2)C(C#N)=C(N)N(c2ccc(C)c(Cl)c2)C2=C1C(=O)CC(C)(C)C2. The van der Waals surface area contributed by atoms with E-state index in [9.17, 15) is 14.9 Å². The Labute approximate surface area is 203 Å². The quantitative estimate of drug-likeness (QED) is 0.608. The third-order valence-electron chi connectivity index (χ3n) is 7.06. The van der Waals surface area contributed by atoms with Gasteiger partial charge < -0.3 is 11.1 Å². The molecule has 0 saturated heterocycles. The molecule has 34 heavy (non-hydrogen) atoms. The van der Waals surface area contributed by atoms with Crippen molar-refractivity contribution in [3.8, 4) is 6.07 Å². The lowest BCUT2D eigenvalue weighted by Gasteiger charge is -2.46. The zero-order valence-electron chi connectivity index (χ0n) is 19.5. The highest BCUT2D eigenvalue weighted by atomic mass is 35.5. The Hall–Kier alpha value is -3.56. The second-order valence-electron chi connectivity index (χ2n) is 10.2. The van der Waals surface area contributed by atoms with Gasteiger partial charge in [-0.3, -0.25) is 14.5 Å². The van der Waals surface area contributed by atoms with Crippen molar-refractivity contribution >= 4 is 34.7 Å². The minimum Gasteiger partial charge on any atom is -0.384 e. The zero-order chi connectivity index (χ0) is 24.6. The number of carbonyl (C=O) groups is 2. The number of amides is 1. The van der Waals surface area contributed by atoms with Crippen LogP contribution in [0.25, 0.3) is 0 Å². The molecule has 2 aromatic rings. The topological polar surface area (TPSA) is 99.2 Å². The fourth-order valence-electron chi connectivity index (χ4n) is 5.55. The maximum atomic E-state index is 13.8. The van der Waals surface area contributed by atoms with E-state index in [-0.39, 0.29) is 29.0 Å². The number of nitrogens with zero attached hydrogens (tertiary/aromatic N) is 2. The Morgan fingerprint density at radius 1 is 1.12 bits per heavy atom. The van der Waals surface area contributed by atoms with E-state index in [0.29, 0.717) is 39.7 Å². The third kappa shape index (κ3) is 2.87. The van der Waals surface area contributed by atoms with Gasteiger partial charge in [0.2, 0.25) is 5.91 Å². The van der Waals surface area contributed by atoms with Gasteiger partial charge in [-0.05, 0) is 49.4 Å². The van der Waals surface area contributed by atoms with Crippen molar-refractivity contribution in [2.75, 3.05) is 10.2 Å². The van der Waals surface area contributed by atoms with Crippen LogP contribution in [0.5, 0.6) is 0 Å². The summed E-state index contributed by atoms with van der Waals surface area (Å²) in [6, 6.07) is 13.3. The van der Waals surface area contributed by atoms with Crippen molar-refractivity contribution in [2.24, 2.45) is 11.1 Å². The largest absolute Gasteiger partial charge is 0.384 e. The number of ketones is 1. The van der Waals surface area contributed by atoms with Crippen LogP contribution < -0.4 is 16.0 Å². The first-order chi connectivity index (χ1) is 16.0. The summed E-state index contributed by atoms with van der Waals surface area (Å²) in [5.41, 5.74) is 9.48. The normalized spacial score (nSPS) is 23.1. The molecule has 0 fully saturated rings. The van der Waals surface area contributed by atoms with Crippen LogP contribution in [0.1, 0.15) is 43.4 Å². The Kier molecular flexibility index (Phi) is 4.72. The van der Waals surface area contributed by atoms with E-state index < -0.39 is 11.3 Å². The number of halogens is 1. The lowest BCUT2D eigenvalue weighted by molar-refractivity contribution is -0.123. The van der Waals surface area contributed by atoms with E-state index in [2.05, 4.69) is 11.4 Å². The first-order valence-corrected chi connectivity index (χ1v) is 11.5. The second-order valence-corrected chi connectivity index (χ2v) is 10.6. The first kappa shape index (κ1) is 22.2. The predicted molar refractivity (Wildman–Crippen MR) is 132 cm³/mol. The highest BCUT2D eigenvalue weighted by Crippen LogP contribution is 2.57. The van der Waals surface area contributed by atoms with Gasteiger partial charge in [0, 0.05) is 39.7 Å². The van der Waals surface area contributed by atoms with Crippen LogP contribution in [0.4, 0.5) is 11.4 Å². The van der Waals surface area contributed by atoms with Crippen molar-refractivity contribution in [2.45, 2.75) is 46.0 Å². The van der Waals surface area contributed by atoms with Gasteiger partial charge in [0.15, 0.2) is 5.78 Å². The first-order valence-electron chi connectivity index (χ1n) is 11.2. The second kappa shape index (κ2) is 7.22. The molecule has 6 nitrogen and oxygen atoms in total. The van der Waals surface area contributed by atoms with Crippen molar-refractivity contribution < 1.29 is 9.59 Å². The summed E-state index contributed by atoms with van der Waals surface area (Å²) in [5, 5.41) is 13.8. The highest BCUT2D eigenvalue weighted by molar-refractivity contribution is 6.31. The minimum absolute atomic E-state index is 0.0536. The number of aryl methyl sites for hydroxylation is 2. The van der Waals surface area contributed by atoms with Crippen molar-refractivity contribution in [3.63, 3.8) is 0 Å². The molecular formula is C27H25ClN4O2. The summed E-state index contributed by atoms with van der Waals surface area (Å²) in [7, 11) is 0. The fourth-order valence-corrected chi connectivity index (χ4v) is 5.72. The molecule has 5 rings (SSSR count). The van der Waals surface area contributed by atoms with Gasteiger partial charge in [-0.2, -0.15) is 5.26 Å². The number of rotatable bonds is 1. The monoisotopic (exact) mass is 472 g/mol. The summed E-state index contributed by atoms with van der Waals surface area (Å²) in [6.45, 7) is 7.86. The molecule has 1 unspecified atom stereocenters.